The summed E-state index contributed by atoms with van der Waals surface area (Å²) in [5, 5.41) is 3.80. The van der Waals surface area contributed by atoms with Crippen molar-refractivity contribution in [2.45, 2.75) is 0 Å². The summed E-state index contributed by atoms with van der Waals surface area (Å²) >= 11 is 3.26. The monoisotopic (exact) mass is 327 g/mol. The summed E-state index contributed by atoms with van der Waals surface area (Å²) in [5.41, 5.74) is 2.04. The first-order chi connectivity index (χ1) is 9.74. The number of carbonyl (C=O) groups is 1. The Morgan fingerprint density at radius 3 is 2.80 bits per heavy atom. The molecule has 2 aromatic heterocycles. The number of nitrogens with one attached hydrogen (secondary N) is 1. The molecule has 5 heteroatoms. The highest BCUT2D eigenvalue weighted by molar-refractivity contribution is 9.10. The van der Waals surface area contributed by atoms with Gasteiger partial charge in [-0.2, -0.15) is 0 Å². The second-order valence-corrected chi connectivity index (χ2v) is 4.96. The first-order valence-electron chi connectivity index (χ1n) is 6.01. The molecule has 3 rings (SSSR count). The highest BCUT2D eigenvalue weighted by atomic mass is 79.9. The van der Waals surface area contributed by atoms with Crippen molar-refractivity contribution in [3.63, 3.8) is 0 Å². The largest absolute Gasteiger partial charge is 0.320 e. The fourth-order valence-electron chi connectivity index (χ4n) is 1.89. The van der Waals surface area contributed by atoms with Crippen molar-refractivity contribution >= 4 is 38.4 Å². The van der Waals surface area contributed by atoms with E-state index < -0.39 is 0 Å². The third-order valence-electron chi connectivity index (χ3n) is 2.85. The Morgan fingerprint density at radius 1 is 1.10 bits per heavy atom. The number of amides is 1. The number of fused-ring (bicyclic) bond motifs is 1. The Kier molecular flexibility index (Phi) is 3.43. The van der Waals surface area contributed by atoms with Crippen LogP contribution in [0.15, 0.2) is 59.5 Å². The van der Waals surface area contributed by atoms with Gasteiger partial charge in [0.2, 0.25) is 0 Å². The van der Waals surface area contributed by atoms with Gasteiger partial charge in [0.25, 0.3) is 5.91 Å². The van der Waals surface area contributed by atoms with Gasteiger partial charge in [0.1, 0.15) is 4.60 Å². The molecule has 3 aromatic rings. The van der Waals surface area contributed by atoms with E-state index in [0.29, 0.717) is 15.9 Å². The third-order valence-corrected chi connectivity index (χ3v) is 3.48. The second kappa shape index (κ2) is 5.38. The molecule has 0 saturated heterocycles. The molecule has 0 bridgehead atoms. The Morgan fingerprint density at radius 2 is 1.95 bits per heavy atom. The van der Waals surface area contributed by atoms with Gasteiger partial charge in [0.05, 0.1) is 23.0 Å². The van der Waals surface area contributed by atoms with Gasteiger partial charge in [0.15, 0.2) is 0 Å². The number of hydrogen-bond acceptors (Lipinski definition) is 3. The fourth-order valence-corrected chi connectivity index (χ4v) is 2.32. The summed E-state index contributed by atoms with van der Waals surface area (Å²) in [6.45, 7) is 0. The van der Waals surface area contributed by atoms with Crippen LogP contribution in [0.4, 0.5) is 5.69 Å². The zero-order valence-electron chi connectivity index (χ0n) is 10.4. The second-order valence-electron chi connectivity index (χ2n) is 4.21. The van der Waals surface area contributed by atoms with E-state index in [4.69, 9.17) is 0 Å². The van der Waals surface area contributed by atoms with Gasteiger partial charge in [-0.3, -0.25) is 9.78 Å². The van der Waals surface area contributed by atoms with E-state index in [9.17, 15) is 4.79 Å². The predicted molar refractivity (Wildman–Crippen MR) is 81.6 cm³/mol. The molecular formula is C15H10BrN3O. The number of halogens is 1. The minimum absolute atomic E-state index is 0.220. The third kappa shape index (κ3) is 2.53. The molecule has 1 N–H and O–H groups in total. The number of benzene rings is 1. The molecule has 0 radical (unpaired) electrons. The minimum Gasteiger partial charge on any atom is -0.320 e. The minimum atomic E-state index is -0.220. The molecule has 0 atom stereocenters. The van der Waals surface area contributed by atoms with Crippen LogP contribution in [0, 0.1) is 0 Å². The molecule has 2 heterocycles. The summed E-state index contributed by atoms with van der Waals surface area (Å²) in [4.78, 5) is 20.5. The van der Waals surface area contributed by atoms with Gasteiger partial charge in [-0.1, -0.05) is 18.2 Å². The van der Waals surface area contributed by atoms with Crippen LogP contribution in [0.25, 0.3) is 10.9 Å². The Hall–Kier alpha value is -2.27. The highest BCUT2D eigenvalue weighted by Crippen LogP contribution is 2.18. The molecular weight excluding hydrogens is 318 g/mol. The van der Waals surface area contributed by atoms with Crippen molar-refractivity contribution in [3.8, 4) is 0 Å². The number of aromatic nitrogens is 2. The number of carbonyl (C=O) groups excluding carboxylic acids is 1. The number of nitrogens with zero attached hydrogens (tertiary/aromatic N) is 2. The molecule has 0 spiro atoms. The molecule has 0 aliphatic heterocycles. The van der Waals surface area contributed by atoms with Crippen LogP contribution in [-0.2, 0) is 0 Å². The lowest BCUT2D eigenvalue weighted by molar-refractivity contribution is 0.102. The van der Waals surface area contributed by atoms with Gasteiger partial charge in [-0.05, 0) is 40.2 Å². The fraction of sp³-hybridized carbons (Fsp3) is 0. The molecule has 0 aliphatic rings. The van der Waals surface area contributed by atoms with E-state index in [0.717, 1.165) is 10.9 Å². The lowest BCUT2D eigenvalue weighted by Gasteiger charge is -2.07. The zero-order valence-corrected chi connectivity index (χ0v) is 12.0. The number of para-hydroxylation sites is 1. The number of pyridine rings is 2. The van der Waals surface area contributed by atoms with Crippen molar-refractivity contribution in [2.24, 2.45) is 0 Å². The van der Waals surface area contributed by atoms with Crippen LogP contribution in [-0.4, -0.2) is 15.9 Å². The Balaban J connectivity index is 1.89. The smallest absolute Gasteiger partial charge is 0.258 e. The molecule has 4 nitrogen and oxygen atoms in total. The molecule has 0 fully saturated rings. The van der Waals surface area contributed by atoms with Gasteiger partial charge < -0.3 is 5.32 Å². The lowest BCUT2D eigenvalue weighted by Crippen LogP contribution is -2.13. The summed E-state index contributed by atoms with van der Waals surface area (Å²) in [5.74, 6) is -0.220. The predicted octanol–water partition coefficient (Wildman–Crippen LogP) is 3.64. The van der Waals surface area contributed by atoms with Crippen LogP contribution in [0.1, 0.15) is 10.4 Å². The summed E-state index contributed by atoms with van der Waals surface area (Å²) < 4.78 is 0.520. The molecule has 0 aliphatic carbocycles. The molecule has 1 amide bonds. The SMILES string of the molecule is O=C(Nc1cnc2ccccc2c1)c1cccnc1Br. The maximum atomic E-state index is 12.2. The summed E-state index contributed by atoms with van der Waals surface area (Å²) in [6.07, 6.45) is 3.27. The van der Waals surface area contributed by atoms with Crippen molar-refractivity contribution in [1.29, 1.82) is 0 Å². The van der Waals surface area contributed by atoms with Gasteiger partial charge in [-0.25, -0.2) is 4.98 Å². The number of rotatable bonds is 2. The van der Waals surface area contributed by atoms with E-state index in [1.807, 2.05) is 30.3 Å². The van der Waals surface area contributed by atoms with Crippen LogP contribution in [0.2, 0.25) is 0 Å². The van der Waals surface area contributed by atoms with E-state index in [1.165, 1.54) is 0 Å². The Labute approximate surface area is 124 Å². The maximum Gasteiger partial charge on any atom is 0.258 e. The number of anilines is 1. The topological polar surface area (TPSA) is 54.9 Å². The quantitative estimate of drug-likeness (QED) is 0.731. The lowest BCUT2D eigenvalue weighted by atomic mass is 10.2. The van der Waals surface area contributed by atoms with E-state index >= 15 is 0 Å². The molecule has 98 valence electrons. The maximum absolute atomic E-state index is 12.2. The van der Waals surface area contributed by atoms with Crippen LogP contribution in [0.3, 0.4) is 0 Å². The standard InChI is InChI=1S/C15H10BrN3O/c16-14-12(5-3-7-17-14)15(20)19-11-8-10-4-1-2-6-13(10)18-9-11/h1-9H,(H,19,20). The van der Waals surface area contributed by atoms with Crippen molar-refractivity contribution in [3.05, 3.63) is 65.0 Å². The van der Waals surface area contributed by atoms with Crippen LogP contribution < -0.4 is 5.32 Å². The molecule has 0 unspecified atom stereocenters. The summed E-state index contributed by atoms with van der Waals surface area (Å²) in [7, 11) is 0. The number of hydrogen-bond donors (Lipinski definition) is 1. The van der Waals surface area contributed by atoms with Crippen LogP contribution >= 0.6 is 15.9 Å². The van der Waals surface area contributed by atoms with Crippen LogP contribution in [0.5, 0.6) is 0 Å². The first kappa shape index (κ1) is 12.7. The Bertz CT molecular complexity index is 789. The molecule has 1 aromatic carbocycles. The van der Waals surface area contributed by atoms with E-state index in [1.54, 1.807) is 24.5 Å². The highest BCUT2D eigenvalue weighted by Gasteiger charge is 2.10. The van der Waals surface area contributed by atoms with Crippen molar-refractivity contribution in [2.75, 3.05) is 5.32 Å². The normalized spacial score (nSPS) is 10.4. The van der Waals surface area contributed by atoms with Crippen molar-refractivity contribution in [1.82, 2.24) is 9.97 Å². The van der Waals surface area contributed by atoms with Crippen molar-refractivity contribution < 1.29 is 4.79 Å². The van der Waals surface area contributed by atoms with E-state index in [-0.39, 0.29) is 5.91 Å². The average Bonchev–Trinajstić information content (AvgIpc) is 2.47. The zero-order chi connectivity index (χ0) is 13.9. The first-order valence-corrected chi connectivity index (χ1v) is 6.80. The average molecular weight is 328 g/mol. The van der Waals surface area contributed by atoms with E-state index in [2.05, 4.69) is 31.2 Å². The molecule has 0 saturated carbocycles. The molecule has 20 heavy (non-hydrogen) atoms. The van der Waals surface area contributed by atoms with Gasteiger partial charge in [0, 0.05) is 11.6 Å². The van der Waals surface area contributed by atoms with Gasteiger partial charge in [-0.15, -0.1) is 0 Å². The van der Waals surface area contributed by atoms with Gasteiger partial charge >= 0.3 is 0 Å². The summed E-state index contributed by atoms with van der Waals surface area (Å²) in [6, 6.07) is 13.1.